The van der Waals surface area contributed by atoms with Crippen LogP contribution in [0.2, 0.25) is 0 Å². The first-order chi connectivity index (χ1) is 5.13. The van der Waals surface area contributed by atoms with Crippen molar-refractivity contribution in [2.24, 2.45) is 5.14 Å². The van der Waals surface area contributed by atoms with Crippen LogP contribution in [0.25, 0.3) is 0 Å². The van der Waals surface area contributed by atoms with Crippen molar-refractivity contribution in [2.75, 3.05) is 5.73 Å². The molecule has 0 aliphatic rings. The number of para-hydroxylation sites is 1. The molecule has 0 aromatic heterocycles. The van der Waals surface area contributed by atoms with Gasteiger partial charge in [0.2, 0.25) is 0 Å². The molecule has 0 saturated carbocycles. The first kappa shape index (κ1) is 10.1. The summed E-state index contributed by atoms with van der Waals surface area (Å²) in [5.74, 6) is 0. The van der Waals surface area contributed by atoms with Gasteiger partial charge in [-0.2, -0.15) is 0 Å². The standard InChI is InChI=1S/C6H7N.H3NO2S/c7-6-4-2-1-3-5-6;1-4(2)3/h1-5H,7H2;1H2,(H,2,3)/p-1. The number of nitrogen functional groups attached to an aromatic ring is 1. The fraction of sp³-hybridized carbons (Fsp3) is 0. The topological polar surface area (TPSA) is 92.2 Å². The van der Waals surface area contributed by atoms with Crippen LogP contribution in [-0.2, 0) is 11.3 Å². The Bertz CT molecular complexity index is 211. The quantitative estimate of drug-likeness (QED) is 0.427. The molecular weight excluding hydrogens is 164 g/mol. The molecule has 0 aliphatic carbocycles. The minimum absolute atomic E-state index is 0.822. The molecule has 0 spiro atoms. The van der Waals surface area contributed by atoms with E-state index < -0.39 is 11.3 Å². The summed E-state index contributed by atoms with van der Waals surface area (Å²) >= 11 is -2.36. The zero-order valence-electron chi connectivity index (χ0n) is 5.77. The molecule has 4 nitrogen and oxygen atoms in total. The van der Waals surface area contributed by atoms with Crippen LogP contribution in [0.4, 0.5) is 5.69 Å². The summed E-state index contributed by atoms with van der Waals surface area (Å²) in [5.41, 5.74) is 6.18. The average Bonchev–Trinajstić information content (AvgIpc) is 1.87. The van der Waals surface area contributed by atoms with Crippen LogP contribution in [0.15, 0.2) is 30.3 Å². The highest BCUT2D eigenvalue weighted by molar-refractivity contribution is 7.76. The Morgan fingerprint density at radius 3 is 1.82 bits per heavy atom. The van der Waals surface area contributed by atoms with Gasteiger partial charge in [0.25, 0.3) is 0 Å². The van der Waals surface area contributed by atoms with E-state index in [9.17, 15) is 0 Å². The van der Waals surface area contributed by atoms with E-state index in [-0.39, 0.29) is 0 Å². The number of hydrogen-bond donors (Lipinski definition) is 2. The number of anilines is 1. The van der Waals surface area contributed by atoms with Gasteiger partial charge in [-0.3, -0.25) is 9.35 Å². The Hall–Kier alpha value is -0.910. The van der Waals surface area contributed by atoms with Crippen molar-refractivity contribution >= 4 is 17.0 Å². The molecule has 11 heavy (non-hydrogen) atoms. The van der Waals surface area contributed by atoms with Crippen LogP contribution in [0.3, 0.4) is 0 Å². The number of hydrogen-bond acceptors (Lipinski definition) is 3. The minimum Gasteiger partial charge on any atom is -0.760 e. The smallest absolute Gasteiger partial charge is 0.0313 e. The van der Waals surface area contributed by atoms with Crippen LogP contribution < -0.4 is 10.9 Å². The molecule has 1 rings (SSSR count). The van der Waals surface area contributed by atoms with Gasteiger partial charge in [-0.05, 0) is 12.1 Å². The van der Waals surface area contributed by atoms with Crippen LogP contribution in [-0.4, -0.2) is 8.76 Å². The SMILES string of the molecule is NS(=O)[O-].Nc1ccccc1. The van der Waals surface area contributed by atoms with Crippen molar-refractivity contribution in [2.45, 2.75) is 0 Å². The van der Waals surface area contributed by atoms with Crippen molar-refractivity contribution in [3.63, 3.8) is 0 Å². The fourth-order valence-electron chi connectivity index (χ4n) is 0.453. The molecule has 1 atom stereocenters. The third-order valence-corrected chi connectivity index (χ3v) is 0.800. The predicted octanol–water partition coefficient (Wildman–Crippen LogP) is 0.00800. The van der Waals surface area contributed by atoms with Gasteiger partial charge in [-0.25, -0.2) is 0 Å². The lowest BCUT2D eigenvalue weighted by Crippen LogP contribution is -1.97. The van der Waals surface area contributed by atoms with Crippen LogP contribution in [0.1, 0.15) is 0 Å². The maximum absolute atomic E-state index is 8.78. The second-order valence-corrected chi connectivity index (χ2v) is 2.19. The summed E-state index contributed by atoms with van der Waals surface area (Å²) in [6, 6.07) is 9.49. The average molecular weight is 173 g/mol. The van der Waals surface area contributed by atoms with Gasteiger partial charge in [0, 0.05) is 17.0 Å². The van der Waals surface area contributed by atoms with Crippen molar-refractivity contribution in [3.05, 3.63) is 30.3 Å². The molecule has 0 fully saturated rings. The lowest BCUT2D eigenvalue weighted by atomic mass is 10.3. The van der Waals surface area contributed by atoms with Gasteiger partial charge >= 0.3 is 0 Å². The molecule has 0 radical (unpaired) electrons. The van der Waals surface area contributed by atoms with E-state index in [1.165, 1.54) is 0 Å². The minimum atomic E-state index is -2.36. The van der Waals surface area contributed by atoms with Gasteiger partial charge in [0.15, 0.2) is 0 Å². The van der Waals surface area contributed by atoms with Crippen LogP contribution in [0.5, 0.6) is 0 Å². The number of rotatable bonds is 0. The Labute approximate surface area is 67.6 Å². The van der Waals surface area contributed by atoms with Crippen molar-refractivity contribution in [1.29, 1.82) is 0 Å². The lowest BCUT2D eigenvalue weighted by Gasteiger charge is -1.85. The Kier molecular flexibility index (Phi) is 5.36. The summed E-state index contributed by atoms with van der Waals surface area (Å²) in [6.07, 6.45) is 0. The summed E-state index contributed by atoms with van der Waals surface area (Å²) in [5, 5.41) is 4.03. The summed E-state index contributed by atoms with van der Waals surface area (Å²) in [4.78, 5) is 0. The predicted molar refractivity (Wildman–Crippen MR) is 44.0 cm³/mol. The molecule has 0 heterocycles. The van der Waals surface area contributed by atoms with Crippen LogP contribution >= 0.6 is 0 Å². The molecule has 0 aliphatic heterocycles. The Morgan fingerprint density at radius 2 is 1.64 bits per heavy atom. The Morgan fingerprint density at radius 1 is 1.27 bits per heavy atom. The molecule has 0 bridgehead atoms. The van der Waals surface area contributed by atoms with Gasteiger partial charge < -0.3 is 10.3 Å². The second-order valence-electron chi connectivity index (χ2n) is 1.67. The number of benzene rings is 1. The first-order valence-electron chi connectivity index (χ1n) is 2.77. The molecule has 1 aromatic rings. The summed E-state index contributed by atoms with van der Waals surface area (Å²) < 4.78 is 17.6. The van der Waals surface area contributed by atoms with Crippen LogP contribution in [0, 0.1) is 0 Å². The molecule has 4 N–H and O–H groups in total. The number of nitrogens with two attached hydrogens (primary N) is 2. The molecule has 0 saturated heterocycles. The van der Waals surface area contributed by atoms with E-state index in [4.69, 9.17) is 14.5 Å². The highest BCUT2D eigenvalue weighted by atomic mass is 32.2. The van der Waals surface area contributed by atoms with E-state index in [2.05, 4.69) is 5.14 Å². The van der Waals surface area contributed by atoms with E-state index >= 15 is 0 Å². The van der Waals surface area contributed by atoms with Crippen molar-refractivity contribution < 1.29 is 8.76 Å². The van der Waals surface area contributed by atoms with Gasteiger partial charge in [0.05, 0.1) is 0 Å². The fourth-order valence-corrected chi connectivity index (χ4v) is 0.453. The highest BCUT2D eigenvalue weighted by Gasteiger charge is 1.72. The highest BCUT2D eigenvalue weighted by Crippen LogP contribution is 1.95. The van der Waals surface area contributed by atoms with Gasteiger partial charge in [0.1, 0.15) is 0 Å². The van der Waals surface area contributed by atoms with Crippen molar-refractivity contribution in [3.8, 4) is 0 Å². The molecule has 0 amide bonds. The summed E-state index contributed by atoms with van der Waals surface area (Å²) in [7, 11) is 0. The third kappa shape index (κ3) is 9.09. The largest absolute Gasteiger partial charge is 0.760 e. The maximum Gasteiger partial charge on any atom is 0.0313 e. The van der Waals surface area contributed by atoms with Crippen molar-refractivity contribution in [1.82, 2.24) is 0 Å². The second kappa shape index (κ2) is 5.84. The van der Waals surface area contributed by atoms with E-state index in [0.717, 1.165) is 5.69 Å². The van der Waals surface area contributed by atoms with Gasteiger partial charge in [-0.15, -0.1) is 0 Å². The maximum atomic E-state index is 8.78. The lowest BCUT2D eigenvalue weighted by molar-refractivity contribution is 0.539. The monoisotopic (exact) mass is 173 g/mol. The zero-order valence-corrected chi connectivity index (χ0v) is 6.58. The normalized spacial score (nSPS) is 11.1. The molecule has 5 heteroatoms. The molecular formula is C6H9N2O2S-. The van der Waals surface area contributed by atoms with E-state index in [1.54, 1.807) is 0 Å². The molecule has 1 unspecified atom stereocenters. The molecule has 62 valence electrons. The Balaban J connectivity index is 0.000000218. The first-order valence-corrected chi connectivity index (χ1v) is 3.91. The van der Waals surface area contributed by atoms with Gasteiger partial charge in [-0.1, -0.05) is 18.2 Å². The summed E-state index contributed by atoms with van der Waals surface area (Å²) in [6.45, 7) is 0. The third-order valence-electron chi connectivity index (χ3n) is 0.800. The molecule has 1 aromatic carbocycles. The zero-order chi connectivity index (χ0) is 8.69. The van der Waals surface area contributed by atoms with E-state index in [0.29, 0.717) is 0 Å². The van der Waals surface area contributed by atoms with E-state index in [1.807, 2.05) is 30.3 Å².